The summed E-state index contributed by atoms with van der Waals surface area (Å²) in [6.07, 6.45) is 0. The van der Waals surface area contributed by atoms with E-state index in [1.54, 1.807) is 24.3 Å². The number of ketones is 1. The van der Waals surface area contributed by atoms with Crippen LogP contribution < -0.4 is 4.74 Å². The lowest BCUT2D eigenvalue weighted by atomic mass is 10.1. The zero-order valence-corrected chi connectivity index (χ0v) is 10.6. The van der Waals surface area contributed by atoms with Crippen LogP contribution in [0.25, 0.3) is 0 Å². The Morgan fingerprint density at radius 3 is 2.58 bits per heavy atom. The average molecular weight is 251 g/mol. The predicted molar refractivity (Wildman–Crippen MR) is 72.2 cm³/mol. The molecule has 0 aromatic heterocycles. The summed E-state index contributed by atoms with van der Waals surface area (Å²) in [6.45, 7) is 1.96. The van der Waals surface area contributed by atoms with Crippen LogP contribution in [0.15, 0.2) is 48.5 Å². The van der Waals surface area contributed by atoms with Crippen molar-refractivity contribution in [3.8, 4) is 11.8 Å². The fraction of sp³-hybridized carbons (Fsp3) is 0.125. The molecule has 0 aliphatic rings. The standard InChI is InChI=1S/C16H13NO2/c1-12-3-2-4-15(9-12)19-11-16(18)14-7-5-13(10-17)6-8-14/h2-9H,11H2,1H3. The molecule has 2 aromatic carbocycles. The van der Waals surface area contributed by atoms with E-state index in [0.717, 1.165) is 5.56 Å². The molecule has 0 bridgehead atoms. The maximum absolute atomic E-state index is 11.9. The summed E-state index contributed by atoms with van der Waals surface area (Å²) >= 11 is 0. The molecule has 94 valence electrons. The largest absolute Gasteiger partial charge is 0.485 e. The van der Waals surface area contributed by atoms with Gasteiger partial charge in [-0.3, -0.25) is 4.79 Å². The smallest absolute Gasteiger partial charge is 0.200 e. The minimum Gasteiger partial charge on any atom is -0.485 e. The van der Waals surface area contributed by atoms with E-state index in [9.17, 15) is 4.79 Å². The minimum absolute atomic E-state index is 0.00461. The van der Waals surface area contributed by atoms with Gasteiger partial charge in [0.05, 0.1) is 11.6 Å². The van der Waals surface area contributed by atoms with Crippen molar-refractivity contribution in [1.82, 2.24) is 0 Å². The summed E-state index contributed by atoms with van der Waals surface area (Å²) in [5.41, 5.74) is 2.17. The van der Waals surface area contributed by atoms with Gasteiger partial charge in [0.25, 0.3) is 0 Å². The number of hydrogen-bond donors (Lipinski definition) is 0. The molecule has 3 heteroatoms. The molecule has 0 N–H and O–H groups in total. The number of rotatable bonds is 4. The maximum Gasteiger partial charge on any atom is 0.200 e. The van der Waals surface area contributed by atoms with Crippen LogP contribution >= 0.6 is 0 Å². The summed E-state index contributed by atoms with van der Waals surface area (Å²) in [7, 11) is 0. The average Bonchev–Trinajstić information content (AvgIpc) is 2.45. The van der Waals surface area contributed by atoms with Gasteiger partial charge in [-0.25, -0.2) is 0 Å². The van der Waals surface area contributed by atoms with E-state index in [0.29, 0.717) is 16.9 Å². The zero-order valence-electron chi connectivity index (χ0n) is 10.6. The number of nitriles is 1. The maximum atomic E-state index is 11.9. The van der Waals surface area contributed by atoms with Gasteiger partial charge >= 0.3 is 0 Å². The van der Waals surface area contributed by atoms with Gasteiger partial charge in [0.15, 0.2) is 12.4 Å². The number of ether oxygens (including phenoxy) is 1. The highest BCUT2D eigenvalue weighted by Crippen LogP contribution is 2.13. The lowest BCUT2D eigenvalue weighted by molar-refractivity contribution is 0.0921. The number of benzene rings is 2. The van der Waals surface area contributed by atoms with Gasteiger partial charge in [-0.15, -0.1) is 0 Å². The Labute approximate surface area is 112 Å². The normalized spacial score (nSPS) is 9.68. The Kier molecular flexibility index (Phi) is 3.94. The van der Waals surface area contributed by atoms with Crippen molar-refractivity contribution >= 4 is 5.78 Å². The number of Topliss-reactive ketones (excluding diaryl/α,β-unsaturated/α-hetero) is 1. The first kappa shape index (κ1) is 12.8. The topological polar surface area (TPSA) is 50.1 Å². The predicted octanol–water partition coefficient (Wildman–Crippen LogP) is 3.13. The van der Waals surface area contributed by atoms with Crippen molar-refractivity contribution in [1.29, 1.82) is 5.26 Å². The molecule has 0 amide bonds. The van der Waals surface area contributed by atoms with Crippen LogP contribution in [0.3, 0.4) is 0 Å². The van der Waals surface area contributed by atoms with Gasteiger partial charge in [0, 0.05) is 5.56 Å². The SMILES string of the molecule is Cc1cccc(OCC(=O)c2ccc(C#N)cc2)c1. The lowest BCUT2D eigenvalue weighted by Gasteiger charge is -2.06. The first-order valence-electron chi connectivity index (χ1n) is 5.92. The van der Waals surface area contributed by atoms with E-state index in [4.69, 9.17) is 10.00 Å². The van der Waals surface area contributed by atoms with Crippen LogP contribution in [0.1, 0.15) is 21.5 Å². The second kappa shape index (κ2) is 5.83. The number of aryl methyl sites for hydroxylation is 1. The Morgan fingerprint density at radius 1 is 1.21 bits per heavy atom. The van der Waals surface area contributed by atoms with Gasteiger partial charge in [0.1, 0.15) is 5.75 Å². The van der Waals surface area contributed by atoms with Crippen molar-refractivity contribution in [2.45, 2.75) is 6.92 Å². The van der Waals surface area contributed by atoms with Gasteiger partial charge in [-0.2, -0.15) is 5.26 Å². The number of hydrogen-bond acceptors (Lipinski definition) is 3. The van der Waals surface area contributed by atoms with E-state index in [1.165, 1.54) is 0 Å². The number of nitrogens with zero attached hydrogens (tertiary/aromatic N) is 1. The highest BCUT2D eigenvalue weighted by atomic mass is 16.5. The molecular weight excluding hydrogens is 238 g/mol. The van der Waals surface area contributed by atoms with Crippen molar-refractivity contribution in [3.05, 3.63) is 65.2 Å². The highest BCUT2D eigenvalue weighted by molar-refractivity contribution is 5.97. The molecule has 0 saturated heterocycles. The van der Waals surface area contributed by atoms with Crippen LogP contribution in [0, 0.1) is 18.3 Å². The van der Waals surface area contributed by atoms with Crippen LogP contribution in [0.5, 0.6) is 5.75 Å². The van der Waals surface area contributed by atoms with Crippen molar-refractivity contribution < 1.29 is 9.53 Å². The third-order valence-electron chi connectivity index (χ3n) is 2.70. The third-order valence-corrected chi connectivity index (χ3v) is 2.70. The molecule has 0 aliphatic carbocycles. The summed E-state index contributed by atoms with van der Waals surface area (Å²) in [5.74, 6) is 0.577. The lowest BCUT2D eigenvalue weighted by Crippen LogP contribution is -2.11. The van der Waals surface area contributed by atoms with Crippen LogP contribution in [-0.2, 0) is 0 Å². The number of carbonyl (C=O) groups excluding carboxylic acids is 1. The van der Waals surface area contributed by atoms with Gasteiger partial charge in [-0.1, -0.05) is 12.1 Å². The second-order valence-corrected chi connectivity index (χ2v) is 4.22. The van der Waals surface area contributed by atoms with E-state index in [-0.39, 0.29) is 12.4 Å². The quantitative estimate of drug-likeness (QED) is 0.784. The highest BCUT2D eigenvalue weighted by Gasteiger charge is 2.06. The molecule has 0 spiro atoms. The first-order chi connectivity index (χ1) is 9.19. The second-order valence-electron chi connectivity index (χ2n) is 4.22. The van der Waals surface area contributed by atoms with E-state index in [2.05, 4.69) is 0 Å². The Morgan fingerprint density at radius 2 is 1.95 bits per heavy atom. The minimum atomic E-state index is -0.106. The van der Waals surface area contributed by atoms with E-state index >= 15 is 0 Å². The summed E-state index contributed by atoms with van der Waals surface area (Å²) in [4.78, 5) is 11.9. The number of carbonyl (C=O) groups is 1. The Bertz CT molecular complexity index is 624. The first-order valence-corrected chi connectivity index (χ1v) is 5.92. The molecule has 0 saturated carbocycles. The molecule has 0 heterocycles. The molecule has 2 rings (SSSR count). The monoisotopic (exact) mass is 251 g/mol. The summed E-state index contributed by atoms with van der Waals surface area (Å²) in [5, 5.41) is 8.69. The molecule has 3 nitrogen and oxygen atoms in total. The third kappa shape index (κ3) is 3.43. The van der Waals surface area contributed by atoms with E-state index in [1.807, 2.05) is 37.3 Å². The molecule has 0 aliphatic heterocycles. The van der Waals surface area contributed by atoms with Crippen molar-refractivity contribution in [2.75, 3.05) is 6.61 Å². The zero-order chi connectivity index (χ0) is 13.7. The van der Waals surface area contributed by atoms with Crippen LogP contribution in [0.4, 0.5) is 0 Å². The Balaban J connectivity index is 1.99. The molecule has 19 heavy (non-hydrogen) atoms. The molecular formula is C16H13NO2. The molecule has 0 radical (unpaired) electrons. The molecule has 0 atom stereocenters. The fourth-order valence-electron chi connectivity index (χ4n) is 1.67. The molecule has 0 unspecified atom stereocenters. The van der Waals surface area contributed by atoms with Gasteiger partial charge < -0.3 is 4.74 Å². The van der Waals surface area contributed by atoms with Crippen molar-refractivity contribution in [2.24, 2.45) is 0 Å². The molecule has 0 fully saturated rings. The van der Waals surface area contributed by atoms with Crippen LogP contribution in [-0.4, -0.2) is 12.4 Å². The van der Waals surface area contributed by atoms with E-state index < -0.39 is 0 Å². The van der Waals surface area contributed by atoms with Crippen molar-refractivity contribution in [3.63, 3.8) is 0 Å². The fourth-order valence-corrected chi connectivity index (χ4v) is 1.67. The van der Waals surface area contributed by atoms with Gasteiger partial charge in [0.2, 0.25) is 0 Å². The summed E-state index contributed by atoms with van der Waals surface area (Å²) in [6, 6.07) is 16.1. The summed E-state index contributed by atoms with van der Waals surface area (Å²) < 4.78 is 5.45. The molecule has 2 aromatic rings. The van der Waals surface area contributed by atoms with Crippen LogP contribution in [0.2, 0.25) is 0 Å². The Hall–Kier alpha value is -2.60. The van der Waals surface area contributed by atoms with Gasteiger partial charge in [-0.05, 0) is 48.9 Å².